The maximum absolute atomic E-state index is 11.5. The van der Waals surface area contributed by atoms with Crippen LogP contribution < -0.4 is 0 Å². The Hall–Kier alpha value is -2.31. The highest BCUT2D eigenvalue weighted by atomic mass is 16.5. The molecule has 0 aromatic carbocycles. The molecule has 0 fully saturated rings. The first kappa shape index (κ1) is 18.7. The molecule has 0 amide bonds. The third-order valence-corrected chi connectivity index (χ3v) is 2.19. The minimum absolute atomic E-state index is 0.121. The van der Waals surface area contributed by atoms with Gasteiger partial charge in [0.2, 0.25) is 0 Å². The van der Waals surface area contributed by atoms with E-state index in [1.165, 1.54) is 32.3 Å². The fraction of sp³-hybridized carbons (Fsp3) is 0.538. The van der Waals surface area contributed by atoms with Crippen molar-refractivity contribution < 1.29 is 24.2 Å². The summed E-state index contributed by atoms with van der Waals surface area (Å²) in [5.41, 5.74) is 8.22. The van der Waals surface area contributed by atoms with E-state index in [1.807, 2.05) is 0 Å². The Morgan fingerprint density at radius 3 is 2.71 bits per heavy atom. The van der Waals surface area contributed by atoms with Crippen molar-refractivity contribution in [2.45, 2.75) is 32.0 Å². The predicted molar refractivity (Wildman–Crippen MR) is 75.1 cm³/mol. The van der Waals surface area contributed by atoms with Gasteiger partial charge in [-0.05, 0) is 25.0 Å². The average Bonchev–Trinajstić information content (AvgIpc) is 2.42. The topological polar surface area (TPSA) is 122 Å². The van der Waals surface area contributed by atoms with Gasteiger partial charge in [-0.15, -0.1) is 0 Å². The molecule has 0 radical (unpaired) electrons. The summed E-state index contributed by atoms with van der Waals surface area (Å²) in [6.07, 6.45) is 4.50. The van der Waals surface area contributed by atoms with E-state index >= 15 is 0 Å². The lowest BCUT2D eigenvalue weighted by molar-refractivity contribution is -0.149. The molecule has 21 heavy (non-hydrogen) atoms. The van der Waals surface area contributed by atoms with Crippen LogP contribution in [0.3, 0.4) is 0 Å². The number of aliphatic hydroxyl groups excluding tert-OH is 1. The van der Waals surface area contributed by atoms with E-state index in [-0.39, 0.29) is 13.0 Å². The van der Waals surface area contributed by atoms with Crippen molar-refractivity contribution in [2.75, 3.05) is 13.7 Å². The van der Waals surface area contributed by atoms with E-state index in [0.717, 1.165) is 0 Å². The Labute approximate surface area is 122 Å². The summed E-state index contributed by atoms with van der Waals surface area (Å²) >= 11 is 0. The second-order valence-electron chi connectivity index (χ2n) is 4.09. The number of methoxy groups -OCH3 is 1. The Morgan fingerprint density at radius 1 is 1.43 bits per heavy atom. The summed E-state index contributed by atoms with van der Waals surface area (Å²) in [6, 6.07) is 0. The van der Waals surface area contributed by atoms with Gasteiger partial charge < -0.3 is 14.6 Å². The molecule has 1 N–H and O–H groups in total. The van der Waals surface area contributed by atoms with Crippen LogP contribution in [-0.4, -0.2) is 42.9 Å². The normalized spacial score (nSPS) is 13.7. The number of azide groups is 1. The van der Waals surface area contributed by atoms with Crippen molar-refractivity contribution in [3.8, 4) is 0 Å². The molecule has 0 saturated carbocycles. The maximum atomic E-state index is 11.5. The minimum atomic E-state index is -0.793. The van der Waals surface area contributed by atoms with Crippen molar-refractivity contribution in [1.82, 2.24) is 0 Å². The smallest absolute Gasteiger partial charge is 0.330 e. The number of hydrogen-bond donors (Lipinski definition) is 1. The number of carbonyl (C=O) groups excluding carboxylic acids is 2. The summed E-state index contributed by atoms with van der Waals surface area (Å²) < 4.78 is 9.54. The Bertz CT molecular complexity index is 439. The van der Waals surface area contributed by atoms with Crippen LogP contribution >= 0.6 is 0 Å². The number of hydrogen-bond acceptors (Lipinski definition) is 6. The van der Waals surface area contributed by atoms with Crippen molar-refractivity contribution in [3.05, 3.63) is 34.7 Å². The van der Waals surface area contributed by atoms with Gasteiger partial charge in [-0.1, -0.05) is 17.3 Å². The van der Waals surface area contributed by atoms with Crippen LogP contribution in [0.5, 0.6) is 0 Å². The molecular weight excluding hydrogens is 278 g/mol. The molecule has 8 heteroatoms. The van der Waals surface area contributed by atoms with Crippen molar-refractivity contribution in [3.63, 3.8) is 0 Å². The highest BCUT2D eigenvalue weighted by Gasteiger charge is 2.13. The number of nitrogens with zero attached hydrogens (tertiary/aromatic N) is 3. The van der Waals surface area contributed by atoms with E-state index in [2.05, 4.69) is 14.8 Å². The second-order valence-corrected chi connectivity index (χ2v) is 4.09. The lowest BCUT2D eigenvalue weighted by Gasteiger charge is -2.13. The van der Waals surface area contributed by atoms with E-state index in [1.54, 1.807) is 6.08 Å². The summed E-state index contributed by atoms with van der Waals surface area (Å²) in [7, 11) is 1.26. The van der Waals surface area contributed by atoms with Crippen LogP contribution in [0.25, 0.3) is 10.4 Å². The van der Waals surface area contributed by atoms with Gasteiger partial charge >= 0.3 is 11.9 Å². The molecular formula is C13H19N3O5. The van der Waals surface area contributed by atoms with Gasteiger partial charge in [-0.3, -0.25) is 4.79 Å². The lowest BCUT2D eigenvalue weighted by atomic mass is 10.2. The maximum Gasteiger partial charge on any atom is 0.330 e. The first-order valence-electron chi connectivity index (χ1n) is 6.30. The van der Waals surface area contributed by atoms with Crippen molar-refractivity contribution in [1.29, 1.82) is 0 Å². The fourth-order valence-corrected chi connectivity index (χ4v) is 1.27. The molecule has 0 saturated heterocycles. The monoisotopic (exact) mass is 297 g/mol. The number of aliphatic hydroxyl groups is 1. The summed E-state index contributed by atoms with van der Waals surface area (Å²) in [4.78, 5) is 24.9. The molecule has 0 aromatic rings. The first-order valence-corrected chi connectivity index (χ1v) is 6.30. The van der Waals surface area contributed by atoms with Crippen molar-refractivity contribution in [2.24, 2.45) is 5.11 Å². The van der Waals surface area contributed by atoms with Gasteiger partial charge in [-0.25, -0.2) is 4.79 Å². The summed E-state index contributed by atoms with van der Waals surface area (Å²) in [5, 5.41) is 12.5. The third kappa shape index (κ3) is 11.2. The minimum Gasteiger partial charge on any atom is -0.466 e. The average molecular weight is 297 g/mol. The predicted octanol–water partition coefficient (Wildman–Crippen LogP) is 1.65. The van der Waals surface area contributed by atoms with Gasteiger partial charge in [0.15, 0.2) is 0 Å². The SMILES string of the molecule is COC(=O)/C=C/C=C/[C@H](CCN=[N+]=[N-])OC(=O)C[C@H](C)O. The molecule has 116 valence electrons. The second kappa shape index (κ2) is 11.5. The highest BCUT2D eigenvalue weighted by molar-refractivity contribution is 5.82. The largest absolute Gasteiger partial charge is 0.466 e. The zero-order chi connectivity index (χ0) is 16.1. The Balaban J connectivity index is 4.53. The molecule has 0 heterocycles. The van der Waals surface area contributed by atoms with Crippen LogP contribution in [-0.2, 0) is 19.1 Å². The third-order valence-electron chi connectivity index (χ3n) is 2.19. The van der Waals surface area contributed by atoms with Gasteiger partial charge in [-0.2, -0.15) is 0 Å². The molecule has 0 bridgehead atoms. The molecule has 0 unspecified atom stereocenters. The standard InChI is InChI=1S/C13H19N3O5/c1-10(17)9-13(19)21-11(7-8-15-16-14)5-3-4-6-12(18)20-2/h3-6,10-11,17H,7-9H2,1-2H3/b5-3+,6-4+/t10-,11+/m0/s1. The number of rotatable bonds is 9. The van der Waals surface area contributed by atoms with Crippen LogP contribution in [0.1, 0.15) is 19.8 Å². The molecule has 0 aromatic heterocycles. The Morgan fingerprint density at radius 2 is 2.14 bits per heavy atom. The molecule has 0 spiro atoms. The molecule has 0 aliphatic rings. The number of ether oxygens (including phenoxy) is 2. The van der Waals surface area contributed by atoms with Crippen LogP contribution in [0.2, 0.25) is 0 Å². The molecule has 8 nitrogen and oxygen atoms in total. The lowest BCUT2D eigenvalue weighted by Crippen LogP contribution is -2.20. The fourth-order valence-electron chi connectivity index (χ4n) is 1.27. The summed E-state index contributed by atoms with van der Waals surface area (Å²) in [5.74, 6) is -1.06. The van der Waals surface area contributed by atoms with E-state index in [0.29, 0.717) is 6.42 Å². The van der Waals surface area contributed by atoms with Crippen molar-refractivity contribution >= 4 is 11.9 Å². The van der Waals surface area contributed by atoms with Crippen LogP contribution in [0.15, 0.2) is 29.4 Å². The van der Waals surface area contributed by atoms with Gasteiger partial charge in [0, 0.05) is 17.5 Å². The molecule has 0 rings (SSSR count). The van der Waals surface area contributed by atoms with E-state index < -0.39 is 24.1 Å². The Kier molecular flexibility index (Phi) is 10.2. The number of carbonyl (C=O) groups is 2. The van der Waals surface area contributed by atoms with E-state index in [9.17, 15) is 9.59 Å². The van der Waals surface area contributed by atoms with Gasteiger partial charge in [0.05, 0.1) is 19.6 Å². The molecule has 0 aliphatic heterocycles. The summed E-state index contributed by atoms with van der Waals surface area (Å²) in [6.45, 7) is 1.64. The molecule has 0 aliphatic carbocycles. The first-order chi connectivity index (χ1) is 9.99. The van der Waals surface area contributed by atoms with E-state index in [4.69, 9.17) is 15.4 Å². The zero-order valence-electron chi connectivity index (χ0n) is 12.0. The van der Waals surface area contributed by atoms with Crippen LogP contribution in [0, 0.1) is 0 Å². The number of esters is 2. The van der Waals surface area contributed by atoms with Gasteiger partial charge in [0.1, 0.15) is 6.10 Å². The highest BCUT2D eigenvalue weighted by Crippen LogP contribution is 2.05. The van der Waals surface area contributed by atoms with Crippen LogP contribution in [0.4, 0.5) is 0 Å². The van der Waals surface area contributed by atoms with Gasteiger partial charge in [0.25, 0.3) is 0 Å². The molecule has 2 atom stereocenters. The number of allylic oxidation sites excluding steroid dienone is 2. The zero-order valence-corrected chi connectivity index (χ0v) is 12.0. The quantitative estimate of drug-likeness (QED) is 0.173.